The highest BCUT2D eigenvalue weighted by Gasteiger charge is 2.30. The molecule has 1 aliphatic carbocycles. The third kappa shape index (κ3) is 3.54. The molecule has 1 rings (SSSR count). The largest absolute Gasteiger partial charge is 0.317 e. The average Bonchev–Trinajstić information content (AvgIpc) is 2.70. The first-order valence-electron chi connectivity index (χ1n) is 4.38. The van der Waals surface area contributed by atoms with Crippen LogP contribution in [0.5, 0.6) is 0 Å². The van der Waals surface area contributed by atoms with Crippen LogP contribution in [0.25, 0.3) is 0 Å². The Balaban J connectivity index is 2.28. The molecule has 0 aromatic rings. The first-order chi connectivity index (χ1) is 5.53. The first kappa shape index (κ1) is 9.99. The van der Waals surface area contributed by atoms with Crippen molar-refractivity contribution < 1.29 is 8.42 Å². The van der Waals surface area contributed by atoms with Gasteiger partial charge in [-0.05, 0) is 32.2 Å². The van der Waals surface area contributed by atoms with Crippen LogP contribution in [0.2, 0.25) is 0 Å². The molecule has 0 bridgehead atoms. The molecule has 1 saturated carbocycles. The van der Waals surface area contributed by atoms with Crippen LogP contribution >= 0.6 is 0 Å². The topological polar surface area (TPSA) is 46.2 Å². The van der Waals surface area contributed by atoms with Crippen molar-refractivity contribution in [2.45, 2.75) is 25.3 Å². The molecule has 0 aromatic heterocycles. The number of hydrogen-bond acceptors (Lipinski definition) is 3. The molecule has 0 saturated heterocycles. The quantitative estimate of drug-likeness (QED) is 0.685. The summed E-state index contributed by atoms with van der Waals surface area (Å²) in [5, 5.41) is 3.17. The smallest absolute Gasteiger partial charge is 0.147 e. The molecule has 1 atom stereocenters. The second-order valence-corrected chi connectivity index (χ2v) is 5.91. The Hall–Kier alpha value is -0.0900. The van der Waals surface area contributed by atoms with Crippen LogP contribution in [-0.4, -0.2) is 33.5 Å². The lowest BCUT2D eigenvalue weighted by Gasteiger charge is -2.13. The van der Waals surface area contributed by atoms with Gasteiger partial charge in [-0.1, -0.05) is 0 Å². The van der Waals surface area contributed by atoms with E-state index in [1.807, 2.05) is 7.05 Å². The maximum absolute atomic E-state index is 10.9. The van der Waals surface area contributed by atoms with Crippen molar-refractivity contribution in [3.63, 3.8) is 0 Å². The zero-order chi connectivity index (χ0) is 9.19. The first-order valence-corrected chi connectivity index (χ1v) is 6.44. The minimum atomic E-state index is -2.78. The number of rotatable bonds is 5. The molecule has 0 amide bonds. The molecule has 0 heterocycles. The van der Waals surface area contributed by atoms with Crippen LogP contribution in [0.3, 0.4) is 0 Å². The van der Waals surface area contributed by atoms with Crippen molar-refractivity contribution in [2.24, 2.45) is 5.92 Å². The van der Waals surface area contributed by atoms with E-state index >= 15 is 0 Å². The van der Waals surface area contributed by atoms with Gasteiger partial charge in [0.15, 0.2) is 0 Å². The predicted octanol–water partition coefficient (Wildman–Crippen LogP) is 0.419. The molecule has 12 heavy (non-hydrogen) atoms. The van der Waals surface area contributed by atoms with Crippen molar-refractivity contribution in [1.82, 2.24) is 5.32 Å². The van der Waals surface area contributed by atoms with Gasteiger partial charge < -0.3 is 5.32 Å². The molecule has 0 aromatic carbocycles. The highest BCUT2D eigenvalue weighted by Crippen LogP contribution is 2.33. The predicted molar refractivity (Wildman–Crippen MR) is 49.9 cm³/mol. The fourth-order valence-corrected chi connectivity index (χ4v) is 2.14. The van der Waals surface area contributed by atoms with Gasteiger partial charge in [-0.25, -0.2) is 8.42 Å². The minimum absolute atomic E-state index is 0.314. The molecule has 0 aliphatic heterocycles. The van der Waals surface area contributed by atoms with E-state index in [2.05, 4.69) is 5.32 Å². The lowest BCUT2D eigenvalue weighted by molar-refractivity contribution is 0.486. The molecule has 0 radical (unpaired) electrons. The third-order valence-electron chi connectivity index (χ3n) is 2.36. The fourth-order valence-electron chi connectivity index (χ4n) is 1.46. The van der Waals surface area contributed by atoms with Crippen LogP contribution in [-0.2, 0) is 9.84 Å². The summed E-state index contributed by atoms with van der Waals surface area (Å²) < 4.78 is 21.7. The molecule has 3 nitrogen and oxygen atoms in total. The van der Waals surface area contributed by atoms with Crippen molar-refractivity contribution in [3.8, 4) is 0 Å². The number of nitrogens with one attached hydrogen (secondary N) is 1. The van der Waals surface area contributed by atoms with E-state index in [1.165, 1.54) is 19.1 Å². The Morgan fingerprint density at radius 2 is 2.08 bits per heavy atom. The molecule has 72 valence electrons. The lowest BCUT2D eigenvalue weighted by atomic mass is 10.1. The molecule has 1 fully saturated rings. The Morgan fingerprint density at radius 1 is 1.50 bits per heavy atom. The Morgan fingerprint density at radius 3 is 2.42 bits per heavy atom. The molecule has 1 aliphatic rings. The monoisotopic (exact) mass is 191 g/mol. The molecule has 0 spiro atoms. The van der Waals surface area contributed by atoms with E-state index in [1.54, 1.807) is 0 Å². The van der Waals surface area contributed by atoms with Gasteiger partial charge in [-0.3, -0.25) is 0 Å². The molecular formula is C8H17NO2S. The van der Waals surface area contributed by atoms with Gasteiger partial charge in [0, 0.05) is 12.3 Å². The van der Waals surface area contributed by atoms with E-state index in [9.17, 15) is 8.42 Å². The summed E-state index contributed by atoms with van der Waals surface area (Å²) in [5.41, 5.74) is 0. The minimum Gasteiger partial charge on any atom is -0.317 e. The van der Waals surface area contributed by atoms with E-state index in [0.29, 0.717) is 11.8 Å². The van der Waals surface area contributed by atoms with Gasteiger partial charge in [-0.15, -0.1) is 0 Å². The summed E-state index contributed by atoms with van der Waals surface area (Å²) in [6.07, 6.45) is 4.58. The van der Waals surface area contributed by atoms with E-state index in [4.69, 9.17) is 0 Å². The molecular weight excluding hydrogens is 174 g/mol. The summed E-state index contributed by atoms with van der Waals surface area (Å²) in [6, 6.07) is 0.416. The van der Waals surface area contributed by atoms with Crippen molar-refractivity contribution >= 4 is 9.84 Å². The van der Waals surface area contributed by atoms with Crippen molar-refractivity contribution in [1.29, 1.82) is 0 Å². The van der Waals surface area contributed by atoms with Gasteiger partial charge in [0.25, 0.3) is 0 Å². The van der Waals surface area contributed by atoms with Gasteiger partial charge in [0.05, 0.1) is 5.75 Å². The maximum Gasteiger partial charge on any atom is 0.147 e. The summed E-state index contributed by atoms with van der Waals surface area (Å²) in [7, 11) is -0.867. The lowest BCUT2D eigenvalue weighted by Crippen LogP contribution is -2.29. The van der Waals surface area contributed by atoms with Crippen LogP contribution in [0.15, 0.2) is 0 Å². The average molecular weight is 191 g/mol. The fraction of sp³-hybridized carbons (Fsp3) is 1.00. The second kappa shape index (κ2) is 3.75. The van der Waals surface area contributed by atoms with Crippen LogP contribution < -0.4 is 5.32 Å². The van der Waals surface area contributed by atoms with Crippen LogP contribution in [0.1, 0.15) is 19.3 Å². The zero-order valence-electron chi connectivity index (χ0n) is 7.71. The number of sulfone groups is 1. The summed E-state index contributed by atoms with van der Waals surface area (Å²) in [4.78, 5) is 0. The molecule has 4 heteroatoms. The van der Waals surface area contributed by atoms with Gasteiger partial charge in [0.1, 0.15) is 9.84 Å². The van der Waals surface area contributed by atoms with Gasteiger partial charge in [-0.2, -0.15) is 0 Å². The van der Waals surface area contributed by atoms with E-state index in [0.717, 1.165) is 12.3 Å². The van der Waals surface area contributed by atoms with Gasteiger partial charge in [0.2, 0.25) is 0 Å². The van der Waals surface area contributed by atoms with E-state index in [-0.39, 0.29) is 0 Å². The molecule has 1 unspecified atom stereocenters. The van der Waals surface area contributed by atoms with Crippen molar-refractivity contribution in [3.05, 3.63) is 0 Å². The second-order valence-electron chi connectivity index (χ2n) is 3.65. The summed E-state index contributed by atoms with van der Waals surface area (Å²) >= 11 is 0. The highest BCUT2D eigenvalue weighted by molar-refractivity contribution is 7.90. The summed E-state index contributed by atoms with van der Waals surface area (Å²) in [6.45, 7) is 0. The highest BCUT2D eigenvalue weighted by atomic mass is 32.2. The zero-order valence-corrected chi connectivity index (χ0v) is 8.52. The van der Waals surface area contributed by atoms with E-state index < -0.39 is 9.84 Å². The Kier molecular flexibility index (Phi) is 3.12. The Bertz CT molecular complexity index is 231. The van der Waals surface area contributed by atoms with Crippen molar-refractivity contribution in [2.75, 3.05) is 19.1 Å². The normalized spacial score (nSPS) is 20.8. The SMILES string of the molecule is CNC(CCS(C)(=O)=O)C1CC1. The summed E-state index contributed by atoms with van der Waals surface area (Å²) in [5.74, 6) is 1.05. The maximum atomic E-state index is 10.9. The number of hydrogen-bond donors (Lipinski definition) is 1. The standard InChI is InChI=1S/C8H17NO2S/c1-9-8(7-3-4-7)5-6-12(2,10)11/h7-9H,3-6H2,1-2H3. The van der Waals surface area contributed by atoms with Gasteiger partial charge >= 0.3 is 0 Å². The Labute approximate surface area is 74.5 Å². The molecule has 1 N–H and O–H groups in total. The van der Waals surface area contributed by atoms with Crippen LogP contribution in [0.4, 0.5) is 0 Å². The van der Waals surface area contributed by atoms with Crippen LogP contribution in [0, 0.1) is 5.92 Å². The third-order valence-corrected chi connectivity index (χ3v) is 3.34.